The summed E-state index contributed by atoms with van der Waals surface area (Å²) < 4.78 is 44.0. The lowest BCUT2D eigenvalue weighted by Crippen LogP contribution is -2.37. The monoisotopic (exact) mass is 396 g/mol. The van der Waals surface area contributed by atoms with Crippen LogP contribution < -0.4 is 5.32 Å². The van der Waals surface area contributed by atoms with Crippen LogP contribution in [0.5, 0.6) is 0 Å². The average Bonchev–Trinajstić information content (AvgIpc) is 2.98. The molecule has 136 valence electrons. The summed E-state index contributed by atoms with van der Waals surface area (Å²) in [6.45, 7) is -1.24. The van der Waals surface area contributed by atoms with E-state index in [1.165, 1.54) is 35.5 Å². The van der Waals surface area contributed by atoms with Crippen molar-refractivity contribution >= 4 is 29.2 Å². The second-order valence-corrected chi connectivity index (χ2v) is 5.83. The van der Waals surface area contributed by atoms with Gasteiger partial charge in [0.25, 0.3) is 0 Å². The second kappa shape index (κ2) is 8.50. The highest BCUT2D eigenvalue weighted by Crippen LogP contribution is 2.25. The zero-order chi connectivity index (χ0) is 18.4. The molecule has 0 unspecified atom stereocenters. The average molecular weight is 397 g/mol. The van der Waals surface area contributed by atoms with Crippen LogP contribution in [0.25, 0.3) is 0 Å². The predicted molar refractivity (Wildman–Crippen MR) is 84.2 cm³/mol. The highest BCUT2D eigenvalue weighted by Gasteiger charge is 2.31. The molecule has 0 spiro atoms. The molecule has 0 aliphatic carbocycles. The van der Waals surface area contributed by atoms with Gasteiger partial charge in [-0.25, -0.2) is 14.5 Å². The minimum Gasteiger partial charge on any atom is -0.462 e. The molecule has 11 heteroatoms. The molecular formula is C14H13Cl2F3N4O2. The smallest absolute Gasteiger partial charge is 0.401 e. The molecule has 0 aliphatic heterocycles. The molecule has 0 saturated carbocycles. The van der Waals surface area contributed by atoms with Crippen molar-refractivity contribution < 1.29 is 22.7 Å². The molecule has 1 atom stereocenters. The fraction of sp³-hybridized carbons (Fsp3) is 0.357. The number of nitrogens with one attached hydrogen (secondary N) is 1. The Kier molecular flexibility index (Phi) is 6.63. The molecule has 1 aromatic heterocycles. The minimum absolute atomic E-state index is 0.0826. The van der Waals surface area contributed by atoms with Crippen molar-refractivity contribution in [1.29, 1.82) is 0 Å². The van der Waals surface area contributed by atoms with E-state index in [2.05, 4.69) is 15.4 Å². The molecule has 2 rings (SSSR count). The van der Waals surface area contributed by atoms with E-state index in [0.29, 0.717) is 0 Å². The summed E-state index contributed by atoms with van der Waals surface area (Å²) in [4.78, 5) is 16.0. The zero-order valence-corrected chi connectivity index (χ0v) is 14.1. The van der Waals surface area contributed by atoms with Crippen molar-refractivity contribution in [1.82, 2.24) is 20.1 Å². The number of hydrogen-bond donors (Lipinski definition) is 1. The fourth-order valence-electron chi connectivity index (χ4n) is 1.97. The van der Waals surface area contributed by atoms with Crippen LogP contribution in [0.1, 0.15) is 11.6 Å². The number of aromatic nitrogens is 3. The largest absolute Gasteiger partial charge is 0.462 e. The van der Waals surface area contributed by atoms with Crippen molar-refractivity contribution in [3.8, 4) is 0 Å². The molecule has 1 aromatic carbocycles. The summed E-state index contributed by atoms with van der Waals surface area (Å²) in [6.07, 6.45) is -1.77. The molecule has 0 amide bonds. The number of rotatable bonds is 7. The topological polar surface area (TPSA) is 69.0 Å². The Morgan fingerprint density at radius 2 is 1.96 bits per heavy atom. The Morgan fingerprint density at radius 3 is 2.52 bits per heavy atom. The lowest BCUT2D eigenvalue weighted by Gasteiger charge is -2.19. The Hall–Kier alpha value is -1.84. The van der Waals surface area contributed by atoms with Gasteiger partial charge in [-0.15, -0.1) is 0 Å². The van der Waals surface area contributed by atoms with Crippen LogP contribution >= 0.6 is 23.2 Å². The predicted octanol–water partition coefficient (Wildman–Crippen LogP) is 3.02. The first kappa shape index (κ1) is 19.5. The number of carbonyl (C=O) groups excluding carboxylic acids is 1. The summed E-state index contributed by atoms with van der Waals surface area (Å²) in [5, 5.41) is 6.33. The number of benzene rings is 1. The molecular weight excluding hydrogens is 384 g/mol. The molecule has 0 fully saturated rings. The summed E-state index contributed by atoms with van der Waals surface area (Å²) in [5.41, 5.74) is 0.174. The third kappa shape index (κ3) is 6.52. The number of esters is 1. The minimum atomic E-state index is -4.50. The van der Waals surface area contributed by atoms with Crippen molar-refractivity contribution in [3.05, 3.63) is 46.5 Å². The normalized spacial score (nSPS) is 12.8. The van der Waals surface area contributed by atoms with Crippen LogP contribution in [-0.2, 0) is 16.1 Å². The number of ether oxygens (including phenoxy) is 1. The number of nitrogens with zero attached hydrogens (tertiary/aromatic N) is 3. The molecule has 2 aromatic rings. The van der Waals surface area contributed by atoms with Gasteiger partial charge in [-0.2, -0.15) is 18.3 Å². The summed E-state index contributed by atoms with van der Waals surface area (Å²) in [7, 11) is 0. The Morgan fingerprint density at radius 1 is 1.28 bits per heavy atom. The van der Waals surface area contributed by atoms with Crippen molar-refractivity contribution in [2.24, 2.45) is 0 Å². The van der Waals surface area contributed by atoms with E-state index in [-0.39, 0.29) is 28.8 Å². The van der Waals surface area contributed by atoms with E-state index in [1.807, 2.05) is 0 Å². The van der Waals surface area contributed by atoms with Gasteiger partial charge in [-0.05, 0) is 23.8 Å². The molecule has 0 saturated heterocycles. The summed E-state index contributed by atoms with van der Waals surface area (Å²) in [6, 6.07) is 2.73. The van der Waals surface area contributed by atoms with Crippen molar-refractivity contribution in [3.63, 3.8) is 0 Å². The molecule has 0 bridgehead atoms. The van der Waals surface area contributed by atoms with Gasteiger partial charge in [0.1, 0.15) is 25.3 Å². The van der Waals surface area contributed by atoms with E-state index in [4.69, 9.17) is 27.9 Å². The third-order valence-corrected chi connectivity index (χ3v) is 3.43. The van der Waals surface area contributed by atoms with Crippen molar-refractivity contribution in [2.75, 3.05) is 13.2 Å². The number of hydrogen-bond acceptors (Lipinski definition) is 5. The van der Waals surface area contributed by atoms with Crippen LogP contribution in [0.4, 0.5) is 13.2 Å². The molecule has 0 radical (unpaired) electrons. The van der Waals surface area contributed by atoms with Crippen LogP contribution in [0.3, 0.4) is 0 Å². The first-order chi connectivity index (χ1) is 11.7. The van der Waals surface area contributed by atoms with Gasteiger partial charge in [-0.3, -0.25) is 5.32 Å². The maximum Gasteiger partial charge on any atom is 0.401 e. The van der Waals surface area contributed by atoms with E-state index < -0.39 is 24.7 Å². The quantitative estimate of drug-likeness (QED) is 0.728. The van der Waals surface area contributed by atoms with Gasteiger partial charge in [0.2, 0.25) is 0 Å². The first-order valence-electron chi connectivity index (χ1n) is 7.00. The highest BCUT2D eigenvalue weighted by molar-refractivity contribution is 6.34. The number of halogens is 5. The number of alkyl halides is 3. The third-order valence-electron chi connectivity index (χ3n) is 2.99. The van der Waals surface area contributed by atoms with Crippen LogP contribution in [0.2, 0.25) is 10.0 Å². The standard InChI is InChI=1S/C14H13Cl2F3N4O2/c15-10-3-9(4-11(16)5-10)12(21-6-14(17,18)19)13(24)25-2-1-23-8-20-7-22-23/h3-5,7-8,12,21H,1-2,6H2/t12-/m0/s1. The van der Waals surface area contributed by atoms with Gasteiger partial charge in [-0.1, -0.05) is 23.2 Å². The van der Waals surface area contributed by atoms with Crippen LogP contribution in [-0.4, -0.2) is 40.1 Å². The van der Waals surface area contributed by atoms with E-state index in [1.54, 1.807) is 0 Å². The molecule has 1 heterocycles. The Balaban J connectivity index is 2.07. The highest BCUT2D eigenvalue weighted by atomic mass is 35.5. The molecule has 25 heavy (non-hydrogen) atoms. The zero-order valence-electron chi connectivity index (χ0n) is 12.6. The molecule has 6 nitrogen and oxygen atoms in total. The van der Waals surface area contributed by atoms with E-state index >= 15 is 0 Å². The second-order valence-electron chi connectivity index (χ2n) is 4.96. The summed E-state index contributed by atoms with van der Waals surface area (Å²) in [5.74, 6) is -0.886. The van der Waals surface area contributed by atoms with Gasteiger partial charge in [0.15, 0.2) is 0 Å². The van der Waals surface area contributed by atoms with E-state index in [0.717, 1.165) is 0 Å². The van der Waals surface area contributed by atoms with Gasteiger partial charge >= 0.3 is 12.1 Å². The van der Waals surface area contributed by atoms with Gasteiger partial charge in [0.05, 0.1) is 13.1 Å². The summed E-state index contributed by atoms with van der Waals surface area (Å²) >= 11 is 11.7. The van der Waals surface area contributed by atoms with E-state index in [9.17, 15) is 18.0 Å². The lowest BCUT2D eigenvalue weighted by molar-refractivity contribution is -0.149. The Bertz CT molecular complexity index is 690. The van der Waals surface area contributed by atoms with Gasteiger partial charge < -0.3 is 4.74 Å². The van der Waals surface area contributed by atoms with Gasteiger partial charge in [0, 0.05) is 10.0 Å². The fourth-order valence-corrected chi connectivity index (χ4v) is 2.51. The SMILES string of the molecule is O=C(OCCn1cncn1)[C@@H](NCC(F)(F)F)c1cc(Cl)cc(Cl)c1. The lowest BCUT2D eigenvalue weighted by atomic mass is 10.1. The Labute approximate surface area is 150 Å². The molecule has 1 N–H and O–H groups in total. The van der Waals surface area contributed by atoms with Crippen molar-refractivity contribution in [2.45, 2.75) is 18.8 Å². The number of carbonyl (C=O) groups is 1. The maximum atomic E-state index is 12.5. The van der Waals surface area contributed by atoms with Crippen LogP contribution in [0, 0.1) is 0 Å². The molecule has 0 aliphatic rings. The first-order valence-corrected chi connectivity index (χ1v) is 7.75. The maximum absolute atomic E-state index is 12.5. The van der Waals surface area contributed by atoms with Crippen LogP contribution in [0.15, 0.2) is 30.9 Å².